The number of carbonyl (C=O) groups is 1. The van der Waals surface area contributed by atoms with Gasteiger partial charge in [0.1, 0.15) is 18.1 Å². The molecular weight excluding hydrogens is 400 g/mol. The van der Waals surface area contributed by atoms with Gasteiger partial charge < -0.3 is 9.47 Å². The van der Waals surface area contributed by atoms with Crippen molar-refractivity contribution in [1.29, 1.82) is 0 Å². The Bertz CT molecular complexity index is 669. The highest BCUT2D eigenvalue weighted by Gasteiger charge is 2.11. The molecule has 0 amide bonds. The number of carbonyl (C=O) groups excluding carboxylic acids is 1. The first-order chi connectivity index (χ1) is 10.0. The Hall–Kier alpha value is -1.33. The lowest BCUT2D eigenvalue weighted by atomic mass is 10.1. The van der Waals surface area contributed by atoms with Crippen LogP contribution in [0, 0.1) is 6.92 Å². The van der Waals surface area contributed by atoms with Crippen molar-refractivity contribution in [2.24, 2.45) is 0 Å². The molecule has 0 fully saturated rings. The van der Waals surface area contributed by atoms with E-state index < -0.39 is 0 Å². The molecule has 2 rings (SSSR count). The zero-order valence-electron chi connectivity index (χ0n) is 11.7. The first-order valence-corrected chi connectivity index (χ1v) is 7.84. The van der Waals surface area contributed by atoms with Gasteiger partial charge >= 0.3 is 0 Å². The second-order valence-corrected chi connectivity index (χ2v) is 6.34. The average Bonchev–Trinajstić information content (AvgIpc) is 2.45. The second kappa shape index (κ2) is 7.09. The van der Waals surface area contributed by atoms with Crippen molar-refractivity contribution in [1.82, 2.24) is 0 Å². The number of methoxy groups -OCH3 is 1. The molecule has 0 unspecified atom stereocenters. The van der Waals surface area contributed by atoms with Crippen molar-refractivity contribution in [2.75, 3.05) is 7.11 Å². The van der Waals surface area contributed by atoms with E-state index in [4.69, 9.17) is 9.47 Å². The zero-order valence-corrected chi connectivity index (χ0v) is 14.8. The first kappa shape index (κ1) is 16.0. The monoisotopic (exact) mass is 412 g/mol. The van der Waals surface area contributed by atoms with Gasteiger partial charge in [-0.3, -0.25) is 4.79 Å². The second-order valence-electron chi connectivity index (χ2n) is 4.50. The minimum absolute atomic E-state index is 0.325. The molecule has 0 aliphatic carbocycles. The van der Waals surface area contributed by atoms with Crippen LogP contribution in [0.3, 0.4) is 0 Å². The summed E-state index contributed by atoms with van der Waals surface area (Å²) < 4.78 is 13.0. The molecule has 0 spiro atoms. The molecule has 0 radical (unpaired) electrons. The summed E-state index contributed by atoms with van der Waals surface area (Å²) in [6.07, 6.45) is 0.797. The minimum atomic E-state index is 0.325. The predicted molar refractivity (Wildman–Crippen MR) is 89.3 cm³/mol. The van der Waals surface area contributed by atoms with E-state index in [-0.39, 0.29) is 0 Å². The number of benzene rings is 2. The molecule has 0 aromatic heterocycles. The summed E-state index contributed by atoms with van der Waals surface area (Å²) in [5, 5.41) is 0. The molecule has 0 N–H and O–H groups in total. The van der Waals surface area contributed by atoms with E-state index in [2.05, 4.69) is 31.9 Å². The van der Waals surface area contributed by atoms with Crippen molar-refractivity contribution in [3.63, 3.8) is 0 Å². The summed E-state index contributed by atoms with van der Waals surface area (Å²) in [5.74, 6) is 1.34. The van der Waals surface area contributed by atoms with Crippen LogP contribution in [0.25, 0.3) is 0 Å². The van der Waals surface area contributed by atoms with Gasteiger partial charge in [0.05, 0.1) is 12.7 Å². The molecule has 0 saturated carbocycles. The van der Waals surface area contributed by atoms with Crippen LogP contribution in [-0.2, 0) is 6.61 Å². The number of aldehydes is 1. The van der Waals surface area contributed by atoms with Crippen LogP contribution in [0.4, 0.5) is 0 Å². The van der Waals surface area contributed by atoms with Crippen LogP contribution in [-0.4, -0.2) is 13.4 Å². The summed E-state index contributed by atoms with van der Waals surface area (Å²) in [7, 11) is 1.62. The smallest absolute Gasteiger partial charge is 0.153 e. The van der Waals surface area contributed by atoms with E-state index in [1.54, 1.807) is 13.2 Å². The molecule has 0 heterocycles. The lowest BCUT2D eigenvalue weighted by Gasteiger charge is -2.14. The highest BCUT2D eigenvalue weighted by Crippen LogP contribution is 2.29. The number of halogens is 2. The van der Waals surface area contributed by atoms with Gasteiger partial charge in [0.25, 0.3) is 0 Å². The summed E-state index contributed by atoms with van der Waals surface area (Å²) >= 11 is 6.81. The fourth-order valence-electron chi connectivity index (χ4n) is 2.05. The fraction of sp³-hybridized carbons (Fsp3) is 0.188. The zero-order chi connectivity index (χ0) is 15.4. The molecule has 5 heteroatoms. The molecule has 3 nitrogen and oxygen atoms in total. The third-order valence-corrected chi connectivity index (χ3v) is 3.96. The quantitative estimate of drug-likeness (QED) is 0.652. The van der Waals surface area contributed by atoms with Crippen molar-refractivity contribution < 1.29 is 14.3 Å². The molecule has 110 valence electrons. The molecule has 2 aromatic rings. The van der Waals surface area contributed by atoms with E-state index >= 15 is 0 Å². The standard InChI is InChI=1S/C16H14Br2O3/c1-10-5-14(18)6-11(8-19)16(10)21-9-12-7-13(17)3-4-15(12)20-2/h3-8H,9H2,1-2H3. The molecule has 0 saturated heterocycles. The predicted octanol–water partition coefficient (Wildman–Crippen LogP) is 4.92. The molecule has 0 aliphatic rings. The molecular formula is C16H14Br2O3. The Morgan fingerprint density at radius 2 is 1.90 bits per heavy atom. The van der Waals surface area contributed by atoms with E-state index in [1.807, 2.05) is 31.2 Å². The molecule has 0 bridgehead atoms. The Labute approximate surface area is 140 Å². The minimum Gasteiger partial charge on any atom is -0.496 e. The maximum absolute atomic E-state index is 11.2. The molecule has 0 aliphatic heterocycles. The Morgan fingerprint density at radius 1 is 1.14 bits per heavy atom. The van der Waals surface area contributed by atoms with Gasteiger partial charge in [-0.15, -0.1) is 0 Å². The number of hydrogen-bond acceptors (Lipinski definition) is 3. The number of aryl methyl sites for hydroxylation is 1. The van der Waals surface area contributed by atoms with Crippen molar-refractivity contribution in [2.45, 2.75) is 13.5 Å². The maximum Gasteiger partial charge on any atom is 0.153 e. The Kier molecular flexibility index (Phi) is 5.42. The fourth-order valence-corrected chi connectivity index (χ4v) is 3.05. The maximum atomic E-state index is 11.2. The van der Waals surface area contributed by atoms with Crippen LogP contribution >= 0.6 is 31.9 Å². The number of hydrogen-bond donors (Lipinski definition) is 0. The highest BCUT2D eigenvalue weighted by atomic mass is 79.9. The van der Waals surface area contributed by atoms with Gasteiger partial charge in [-0.1, -0.05) is 31.9 Å². The van der Waals surface area contributed by atoms with Crippen molar-refractivity contribution >= 4 is 38.1 Å². The van der Waals surface area contributed by atoms with Gasteiger partial charge in [0.2, 0.25) is 0 Å². The lowest BCUT2D eigenvalue weighted by Crippen LogP contribution is -2.02. The van der Waals surface area contributed by atoms with Crippen LogP contribution < -0.4 is 9.47 Å². The lowest BCUT2D eigenvalue weighted by molar-refractivity contribution is 0.111. The normalized spacial score (nSPS) is 10.3. The summed E-state index contributed by atoms with van der Waals surface area (Å²) in [4.78, 5) is 11.2. The number of rotatable bonds is 5. The summed E-state index contributed by atoms with van der Waals surface area (Å²) in [6.45, 7) is 2.23. The summed E-state index contributed by atoms with van der Waals surface area (Å²) in [5.41, 5.74) is 2.34. The van der Waals surface area contributed by atoms with E-state index in [1.165, 1.54) is 0 Å². The van der Waals surface area contributed by atoms with Crippen LogP contribution in [0.5, 0.6) is 11.5 Å². The van der Waals surface area contributed by atoms with Gasteiger partial charge in [0, 0.05) is 14.5 Å². The van der Waals surface area contributed by atoms with Crippen LogP contribution in [0.15, 0.2) is 39.3 Å². The Morgan fingerprint density at radius 3 is 2.57 bits per heavy atom. The van der Waals surface area contributed by atoms with E-state index in [0.29, 0.717) is 17.9 Å². The third kappa shape index (κ3) is 3.86. The molecule has 21 heavy (non-hydrogen) atoms. The highest BCUT2D eigenvalue weighted by molar-refractivity contribution is 9.10. The van der Waals surface area contributed by atoms with Crippen molar-refractivity contribution in [3.05, 3.63) is 56.0 Å². The Balaban J connectivity index is 2.28. The van der Waals surface area contributed by atoms with E-state index in [9.17, 15) is 4.79 Å². The molecule has 2 aromatic carbocycles. The largest absolute Gasteiger partial charge is 0.496 e. The van der Waals surface area contributed by atoms with Crippen LogP contribution in [0.2, 0.25) is 0 Å². The topological polar surface area (TPSA) is 35.5 Å². The van der Waals surface area contributed by atoms with Gasteiger partial charge in [-0.05, 0) is 42.8 Å². The van der Waals surface area contributed by atoms with Gasteiger partial charge in [-0.25, -0.2) is 0 Å². The van der Waals surface area contributed by atoms with E-state index in [0.717, 1.165) is 32.1 Å². The third-order valence-electron chi connectivity index (χ3n) is 3.01. The average molecular weight is 414 g/mol. The SMILES string of the molecule is COc1ccc(Br)cc1COc1c(C)cc(Br)cc1C=O. The summed E-state index contributed by atoms with van der Waals surface area (Å²) in [6, 6.07) is 9.38. The van der Waals surface area contributed by atoms with Gasteiger partial charge in [-0.2, -0.15) is 0 Å². The van der Waals surface area contributed by atoms with Crippen molar-refractivity contribution in [3.8, 4) is 11.5 Å². The van der Waals surface area contributed by atoms with Gasteiger partial charge in [0.15, 0.2) is 6.29 Å². The molecule has 0 atom stereocenters. The van der Waals surface area contributed by atoms with Crippen LogP contribution in [0.1, 0.15) is 21.5 Å². The number of ether oxygens (including phenoxy) is 2. The first-order valence-electron chi connectivity index (χ1n) is 6.25.